The topological polar surface area (TPSA) is 85.7 Å². The molecule has 8 heteroatoms. The van der Waals surface area contributed by atoms with Gasteiger partial charge >= 0.3 is 5.97 Å². The predicted octanol–water partition coefficient (Wildman–Crippen LogP) is 3.58. The van der Waals surface area contributed by atoms with Crippen LogP contribution in [0.3, 0.4) is 0 Å². The molecule has 2 aromatic carbocycles. The van der Waals surface area contributed by atoms with Crippen LogP contribution in [0, 0.1) is 12.8 Å². The normalized spacial score (nSPS) is 16.7. The lowest BCUT2D eigenvalue weighted by Crippen LogP contribution is -2.44. The van der Waals surface area contributed by atoms with Gasteiger partial charge in [0.2, 0.25) is 15.7 Å². The zero-order chi connectivity index (χ0) is 23.6. The van der Waals surface area contributed by atoms with E-state index in [-0.39, 0.29) is 34.1 Å². The van der Waals surface area contributed by atoms with Gasteiger partial charge in [-0.2, -0.15) is 0 Å². The Morgan fingerprint density at radius 2 is 1.82 bits per heavy atom. The highest BCUT2D eigenvalue weighted by Crippen LogP contribution is 2.30. The molecule has 1 fully saturated rings. The molecule has 0 bridgehead atoms. The van der Waals surface area contributed by atoms with Gasteiger partial charge < -0.3 is 14.2 Å². The van der Waals surface area contributed by atoms with Crippen LogP contribution >= 0.6 is 0 Å². The van der Waals surface area contributed by atoms with Gasteiger partial charge in [0.15, 0.2) is 0 Å². The minimum atomic E-state index is -3.76. The SMILES string of the molecule is CCOC(=O)C1CCCN(C(=O)Cn2cc(S(=O)(=O)c3ccc(C)cc3)c3ccccc32)C1. The maximum absolute atomic E-state index is 13.4. The summed E-state index contributed by atoms with van der Waals surface area (Å²) in [5, 5.41) is 0.578. The highest BCUT2D eigenvalue weighted by atomic mass is 32.2. The molecule has 1 amide bonds. The van der Waals surface area contributed by atoms with Crippen molar-refractivity contribution in [3.8, 4) is 0 Å². The van der Waals surface area contributed by atoms with Gasteiger partial charge in [0.05, 0.1) is 22.3 Å². The highest BCUT2D eigenvalue weighted by Gasteiger charge is 2.30. The molecule has 174 valence electrons. The van der Waals surface area contributed by atoms with Gasteiger partial charge in [0.25, 0.3) is 0 Å². The van der Waals surface area contributed by atoms with Crippen molar-refractivity contribution in [2.45, 2.75) is 43.0 Å². The fourth-order valence-electron chi connectivity index (χ4n) is 4.30. The van der Waals surface area contributed by atoms with Gasteiger partial charge in [-0.05, 0) is 44.9 Å². The van der Waals surface area contributed by atoms with Crippen molar-refractivity contribution in [1.29, 1.82) is 0 Å². The maximum Gasteiger partial charge on any atom is 0.310 e. The number of carbonyl (C=O) groups is 2. The largest absolute Gasteiger partial charge is 0.466 e. The van der Waals surface area contributed by atoms with Crippen LogP contribution in [0.4, 0.5) is 0 Å². The number of likely N-dealkylation sites (tertiary alicyclic amines) is 1. The molecular weight excluding hydrogens is 440 g/mol. The van der Waals surface area contributed by atoms with E-state index in [0.717, 1.165) is 12.0 Å². The molecular formula is C25H28N2O5S. The van der Waals surface area contributed by atoms with Crippen molar-refractivity contribution in [3.63, 3.8) is 0 Å². The number of hydrogen-bond acceptors (Lipinski definition) is 5. The third-order valence-electron chi connectivity index (χ3n) is 6.07. The quantitative estimate of drug-likeness (QED) is 0.516. The van der Waals surface area contributed by atoms with Gasteiger partial charge in [0.1, 0.15) is 6.54 Å². The number of hydrogen-bond donors (Lipinski definition) is 0. The van der Waals surface area contributed by atoms with E-state index in [0.29, 0.717) is 37.0 Å². The molecule has 2 heterocycles. The molecule has 0 N–H and O–H groups in total. The number of aryl methyl sites for hydroxylation is 1. The second-order valence-corrected chi connectivity index (χ2v) is 10.3. The minimum absolute atomic E-state index is 0.000519. The van der Waals surface area contributed by atoms with Crippen molar-refractivity contribution in [2.75, 3.05) is 19.7 Å². The average molecular weight is 469 g/mol. The van der Waals surface area contributed by atoms with Gasteiger partial charge in [-0.3, -0.25) is 9.59 Å². The lowest BCUT2D eigenvalue weighted by Gasteiger charge is -2.31. The van der Waals surface area contributed by atoms with E-state index in [9.17, 15) is 18.0 Å². The molecule has 1 aliphatic heterocycles. The van der Waals surface area contributed by atoms with E-state index in [4.69, 9.17) is 4.74 Å². The first-order valence-corrected chi connectivity index (χ1v) is 12.6. The summed E-state index contributed by atoms with van der Waals surface area (Å²) in [6, 6.07) is 13.9. The lowest BCUT2D eigenvalue weighted by molar-refractivity contribution is -0.151. The summed E-state index contributed by atoms with van der Waals surface area (Å²) in [6.07, 6.45) is 2.98. The van der Waals surface area contributed by atoms with Crippen LogP contribution in [0.5, 0.6) is 0 Å². The zero-order valence-corrected chi connectivity index (χ0v) is 19.7. The zero-order valence-electron chi connectivity index (χ0n) is 18.9. The van der Waals surface area contributed by atoms with E-state index in [1.807, 2.05) is 19.1 Å². The number of benzene rings is 2. The molecule has 1 aliphatic rings. The summed E-state index contributed by atoms with van der Waals surface area (Å²) in [7, 11) is -3.76. The number of esters is 1. The first kappa shape index (κ1) is 23.0. The first-order valence-electron chi connectivity index (χ1n) is 11.1. The summed E-state index contributed by atoms with van der Waals surface area (Å²) < 4.78 is 33.6. The van der Waals surface area contributed by atoms with Crippen LogP contribution in [0.1, 0.15) is 25.3 Å². The Morgan fingerprint density at radius 1 is 1.09 bits per heavy atom. The molecule has 0 spiro atoms. The Hall–Kier alpha value is -3.13. The fraction of sp³-hybridized carbons (Fsp3) is 0.360. The minimum Gasteiger partial charge on any atom is -0.466 e. The molecule has 4 rings (SSSR count). The second-order valence-electron chi connectivity index (χ2n) is 8.39. The number of aromatic nitrogens is 1. The van der Waals surface area contributed by atoms with Crippen molar-refractivity contribution >= 4 is 32.6 Å². The molecule has 1 saturated heterocycles. The highest BCUT2D eigenvalue weighted by molar-refractivity contribution is 7.91. The third-order valence-corrected chi connectivity index (χ3v) is 7.87. The number of carbonyl (C=O) groups excluding carboxylic acids is 2. The van der Waals surface area contributed by atoms with E-state index < -0.39 is 9.84 Å². The summed E-state index contributed by atoms with van der Waals surface area (Å²) in [6.45, 7) is 4.88. The molecule has 0 aliphatic carbocycles. The molecule has 0 saturated carbocycles. The summed E-state index contributed by atoms with van der Waals surface area (Å²) in [5.74, 6) is -0.738. The molecule has 33 heavy (non-hydrogen) atoms. The van der Waals surface area contributed by atoms with E-state index in [2.05, 4.69) is 0 Å². The molecule has 3 aromatic rings. The molecule has 0 radical (unpaired) electrons. The van der Waals surface area contributed by atoms with Crippen molar-refractivity contribution in [2.24, 2.45) is 5.92 Å². The summed E-state index contributed by atoms with van der Waals surface area (Å²) >= 11 is 0. The van der Waals surface area contributed by atoms with Crippen molar-refractivity contribution in [3.05, 3.63) is 60.3 Å². The van der Waals surface area contributed by atoms with Gasteiger partial charge in [0, 0.05) is 30.2 Å². The van der Waals surface area contributed by atoms with Gasteiger partial charge in [-0.1, -0.05) is 35.9 Å². The Kier molecular flexibility index (Phi) is 6.56. The number of amides is 1. The first-order chi connectivity index (χ1) is 15.8. The van der Waals surface area contributed by atoms with Crippen molar-refractivity contribution < 1.29 is 22.7 Å². The second kappa shape index (κ2) is 9.39. The number of ether oxygens (including phenoxy) is 1. The van der Waals surface area contributed by atoms with Gasteiger partial charge in [-0.25, -0.2) is 8.42 Å². The van der Waals surface area contributed by atoms with Crippen LogP contribution in [0.25, 0.3) is 10.9 Å². The van der Waals surface area contributed by atoms with Crippen LogP contribution in [0.15, 0.2) is 64.5 Å². The molecule has 1 unspecified atom stereocenters. The van der Waals surface area contributed by atoms with Crippen LogP contribution < -0.4 is 0 Å². The van der Waals surface area contributed by atoms with E-state index in [1.54, 1.807) is 59.0 Å². The van der Waals surface area contributed by atoms with E-state index in [1.165, 1.54) is 0 Å². The van der Waals surface area contributed by atoms with Crippen LogP contribution in [-0.4, -0.2) is 49.5 Å². The van der Waals surface area contributed by atoms with E-state index >= 15 is 0 Å². The fourth-order valence-corrected chi connectivity index (χ4v) is 5.78. The Bertz CT molecular complexity index is 1280. The Labute approximate surface area is 193 Å². The number of nitrogens with zero attached hydrogens (tertiary/aromatic N) is 2. The van der Waals surface area contributed by atoms with Crippen molar-refractivity contribution in [1.82, 2.24) is 9.47 Å². The number of sulfone groups is 1. The molecule has 7 nitrogen and oxygen atoms in total. The Morgan fingerprint density at radius 3 is 2.55 bits per heavy atom. The number of para-hydroxylation sites is 1. The number of piperidine rings is 1. The smallest absolute Gasteiger partial charge is 0.310 e. The number of rotatable bonds is 6. The lowest BCUT2D eigenvalue weighted by atomic mass is 9.98. The standard InChI is InChI=1S/C25H28N2O5S/c1-3-32-25(29)19-7-6-14-26(15-19)24(28)17-27-16-23(21-8-4-5-9-22(21)27)33(30,31)20-12-10-18(2)11-13-20/h4-5,8-13,16,19H,3,6-7,14-15,17H2,1-2H3. The Balaban J connectivity index is 1.62. The summed E-state index contributed by atoms with van der Waals surface area (Å²) in [4.78, 5) is 27.3. The number of fused-ring (bicyclic) bond motifs is 1. The monoisotopic (exact) mass is 468 g/mol. The molecule has 1 atom stereocenters. The predicted molar refractivity (Wildman–Crippen MR) is 125 cm³/mol. The summed E-state index contributed by atoms with van der Waals surface area (Å²) in [5.41, 5.74) is 1.65. The van der Waals surface area contributed by atoms with Gasteiger partial charge in [-0.15, -0.1) is 0 Å². The average Bonchev–Trinajstić information content (AvgIpc) is 3.19. The third kappa shape index (κ3) is 4.66. The maximum atomic E-state index is 13.4. The van der Waals surface area contributed by atoms with Crippen LogP contribution in [-0.2, 0) is 30.7 Å². The molecule has 1 aromatic heterocycles. The van der Waals surface area contributed by atoms with Crippen LogP contribution in [0.2, 0.25) is 0 Å².